The van der Waals surface area contributed by atoms with Crippen LogP contribution in [0.15, 0.2) is 53.6 Å². The molecule has 1 N–H and O–H groups in total. The van der Waals surface area contributed by atoms with E-state index < -0.39 is 26.1 Å². The minimum Gasteiger partial charge on any atom is -0.496 e. The minimum atomic E-state index is -3.60. The highest BCUT2D eigenvalue weighted by molar-refractivity contribution is 7.92. The first-order valence-electron chi connectivity index (χ1n) is 8.36. The molecule has 0 fully saturated rings. The molecule has 0 aliphatic carbocycles. The van der Waals surface area contributed by atoms with Crippen molar-refractivity contribution in [2.75, 3.05) is 24.3 Å². The maximum Gasteiger partial charge on any atom is 0.247 e. The van der Waals surface area contributed by atoms with E-state index in [4.69, 9.17) is 4.74 Å². The predicted octanol–water partition coefficient (Wildman–Crippen LogP) is 2.18. The maximum atomic E-state index is 12.3. The van der Waals surface area contributed by atoms with Gasteiger partial charge in [0.15, 0.2) is 0 Å². The Balaban J connectivity index is 1.95. The molecule has 0 spiro atoms. The Kier molecular flexibility index (Phi) is 5.35. The molecule has 28 heavy (non-hydrogen) atoms. The highest BCUT2D eigenvalue weighted by Gasteiger charge is 2.36. The third kappa shape index (κ3) is 4.45. The smallest absolute Gasteiger partial charge is 0.247 e. The van der Waals surface area contributed by atoms with E-state index in [1.54, 1.807) is 30.3 Å². The third-order valence-electron chi connectivity index (χ3n) is 4.23. The number of nitrogens with one attached hydrogen (secondary N) is 1. The van der Waals surface area contributed by atoms with Gasteiger partial charge in [-0.05, 0) is 23.8 Å². The number of nitrogens with zero attached hydrogens (tertiary/aromatic N) is 2. The van der Waals surface area contributed by atoms with Crippen LogP contribution in [0.25, 0.3) is 0 Å². The number of methoxy groups -OCH3 is 1. The second-order valence-corrected chi connectivity index (χ2v) is 10.1. The molecule has 0 saturated heterocycles. The van der Waals surface area contributed by atoms with Gasteiger partial charge in [-0.1, -0.05) is 30.3 Å². The normalized spacial score (nSPS) is 17.3. The number of para-hydroxylation sites is 1. The van der Waals surface area contributed by atoms with Gasteiger partial charge in [0.1, 0.15) is 5.75 Å². The molecule has 0 bridgehead atoms. The third-order valence-corrected chi connectivity index (χ3v) is 5.85. The van der Waals surface area contributed by atoms with Gasteiger partial charge in [0.05, 0.1) is 31.4 Å². The molecular weight excluding hydrogens is 402 g/mol. The van der Waals surface area contributed by atoms with Crippen molar-refractivity contribution in [1.29, 1.82) is 0 Å². The number of hydrogen-bond donors (Lipinski definition) is 1. The molecule has 3 rings (SSSR count). The van der Waals surface area contributed by atoms with Gasteiger partial charge in [0.25, 0.3) is 0 Å². The van der Waals surface area contributed by atoms with Gasteiger partial charge >= 0.3 is 0 Å². The lowest BCUT2D eigenvalue weighted by molar-refractivity contribution is 0.352. The number of hydrogen-bond acceptors (Lipinski definition) is 6. The van der Waals surface area contributed by atoms with Crippen molar-refractivity contribution in [1.82, 2.24) is 4.41 Å². The molecule has 1 heterocycles. The summed E-state index contributed by atoms with van der Waals surface area (Å²) >= 11 is 0. The average molecular weight is 424 g/mol. The molecule has 0 radical (unpaired) electrons. The summed E-state index contributed by atoms with van der Waals surface area (Å²) in [6.07, 6.45) is 2.55. The van der Waals surface area contributed by atoms with E-state index in [9.17, 15) is 16.8 Å². The summed E-state index contributed by atoms with van der Waals surface area (Å²) in [5.41, 5.74) is 2.45. The standard InChI is InChI=1S/C18H21N3O5S2/c1-26-18-7-5-4-6-15(18)17-12-16(19-21(17)28(3,24)25)13-8-10-14(11-9-13)20-27(2,22)23/h4-11,17,20H,12H2,1-3H3/t17-/m0/s1. The first-order valence-corrected chi connectivity index (χ1v) is 12.1. The Bertz CT molecular complexity index is 1110. The molecule has 2 aromatic carbocycles. The van der Waals surface area contributed by atoms with Crippen LogP contribution < -0.4 is 9.46 Å². The molecule has 150 valence electrons. The Hall–Kier alpha value is -2.59. The first kappa shape index (κ1) is 20.2. The fourth-order valence-corrected chi connectivity index (χ4v) is 4.55. The molecule has 0 amide bonds. The summed E-state index contributed by atoms with van der Waals surface area (Å²) < 4.78 is 56.2. The lowest BCUT2D eigenvalue weighted by Crippen LogP contribution is -2.26. The quantitative estimate of drug-likeness (QED) is 0.767. The van der Waals surface area contributed by atoms with E-state index in [0.29, 0.717) is 29.1 Å². The zero-order chi connectivity index (χ0) is 20.5. The van der Waals surface area contributed by atoms with Gasteiger partial charge < -0.3 is 4.74 Å². The zero-order valence-electron chi connectivity index (χ0n) is 15.7. The van der Waals surface area contributed by atoms with Crippen LogP contribution in [-0.2, 0) is 20.0 Å². The van der Waals surface area contributed by atoms with E-state index >= 15 is 0 Å². The van der Waals surface area contributed by atoms with Crippen LogP contribution in [-0.4, -0.2) is 46.6 Å². The van der Waals surface area contributed by atoms with Crippen molar-refractivity contribution in [3.05, 3.63) is 59.7 Å². The molecule has 0 unspecified atom stereocenters. The summed E-state index contributed by atoms with van der Waals surface area (Å²) in [6, 6.07) is 13.3. The molecule has 1 aliphatic rings. The largest absolute Gasteiger partial charge is 0.496 e. The summed E-state index contributed by atoms with van der Waals surface area (Å²) in [5.74, 6) is 0.588. The molecule has 1 atom stereocenters. The van der Waals surface area contributed by atoms with Crippen LogP contribution in [0.5, 0.6) is 5.75 Å². The van der Waals surface area contributed by atoms with Gasteiger partial charge in [-0.3, -0.25) is 4.72 Å². The Morgan fingerprint density at radius 2 is 1.68 bits per heavy atom. The highest BCUT2D eigenvalue weighted by Crippen LogP contribution is 2.38. The Morgan fingerprint density at radius 3 is 2.25 bits per heavy atom. The molecule has 0 saturated carbocycles. The van der Waals surface area contributed by atoms with Crippen molar-refractivity contribution in [3.8, 4) is 5.75 Å². The molecule has 2 aromatic rings. The summed E-state index contributed by atoms with van der Waals surface area (Å²) in [4.78, 5) is 0. The van der Waals surface area contributed by atoms with Crippen LogP contribution in [0.3, 0.4) is 0 Å². The van der Waals surface area contributed by atoms with Gasteiger partial charge in [-0.25, -0.2) is 16.8 Å². The molecule has 1 aliphatic heterocycles. The summed E-state index contributed by atoms with van der Waals surface area (Å²) in [7, 11) is -5.44. The van der Waals surface area contributed by atoms with Gasteiger partial charge in [0.2, 0.25) is 20.0 Å². The number of anilines is 1. The minimum absolute atomic E-state index is 0.367. The lowest BCUT2D eigenvalue weighted by atomic mass is 9.98. The van der Waals surface area contributed by atoms with Crippen molar-refractivity contribution in [2.24, 2.45) is 5.10 Å². The van der Waals surface area contributed by atoms with Crippen LogP contribution in [0, 0.1) is 0 Å². The fraction of sp³-hybridized carbons (Fsp3) is 0.278. The molecule has 10 heteroatoms. The zero-order valence-corrected chi connectivity index (χ0v) is 17.3. The highest BCUT2D eigenvalue weighted by atomic mass is 32.2. The number of sulfonamides is 2. The summed E-state index contributed by atoms with van der Waals surface area (Å²) in [5, 5.41) is 4.33. The Labute approximate surface area is 164 Å². The van der Waals surface area contributed by atoms with E-state index in [1.165, 1.54) is 7.11 Å². The van der Waals surface area contributed by atoms with Crippen LogP contribution >= 0.6 is 0 Å². The predicted molar refractivity (Wildman–Crippen MR) is 108 cm³/mol. The van der Waals surface area contributed by atoms with Gasteiger partial charge in [0, 0.05) is 17.7 Å². The van der Waals surface area contributed by atoms with Crippen molar-refractivity contribution in [2.45, 2.75) is 12.5 Å². The first-order chi connectivity index (χ1) is 13.1. The Morgan fingerprint density at radius 1 is 1.04 bits per heavy atom. The van der Waals surface area contributed by atoms with E-state index in [1.807, 2.05) is 18.2 Å². The van der Waals surface area contributed by atoms with Gasteiger partial charge in [-0.15, -0.1) is 0 Å². The number of rotatable bonds is 6. The average Bonchev–Trinajstić information content (AvgIpc) is 3.06. The number of benzene rings is 2. The van der Waals surface area contributed by atoms with Gasteiger partial charge in [-0.2, -0.15) is 9.52 Å². The van der Waals surface area contributed by atoms with Crippen LogP contribution in [0.4, 0.5) is 5.69 Å². The number of hydrazone groups is 1. The van der Waals surface area contributed by atoms with Crippen LogP contribution in [0.1, 0.15) is 23.6 Å². The van der Waals surface area contributed by atoms with Crippen LogP contribution in [0.2, 0.25) is 0 Å². The SMILES string of the molecule is COc1ccccc1[C@@H]1CC(c2ccc(NS(C)(=O)=O)cc2)=NN1S(C)(=O)=O. The fourth-order valence-electron chi connectivity index (χ4n) is 3.09. The monoisotopic (exact) mass is 423 g/mol. The molecule has 8 nitrogen and oxygen atoms in total. The van der Waals surface area contributed by atoms with E-state index in [2.05, 4.69) is 9.82 Å². The second kappa shape index (κ2) is 7.44. The molecule has 0 aromatic heterocycles. The maximum absolute atomic E-state index is 12.3. The topological polar surface area (TPSA) is 105 Å². The van der Waals surface area contributed by atoms with Crippen molar-refractivity contribution < 1.29 is 21.6 Å². The lowest BCUT2D eigenvalue weighted by Gasteiger charge is -2.23. The van der Waals surface area contributed by atoms with E-state index in [0.717, 1.165) is 22.5 Å². The van der Waals surface area contributed by atoms with E-state index in [-0.39, 0.29) is 0 Å². The summed E-state index contributed by atoms with van der Waals surface area (Å²) in [6.45, 7) is 0. The molecular formula is C18H21N3O5S2. The van der Waals surface area contributed by atoms with Crippen molar-refractivity contribution >= 4 is 31.4 Å². The van der Waals surface area contributed by atoms with Crippen molar-refractivity contribution in [3.63, 3.8) is 0 Å². The number of ether oxygens (including phenoxy) is 1. The second-order valence-electron chi connectivity index (χ2n) is 6.50.